The molecule has 63 heavy (non-hydrogen) atoms. The second kappa shape index (κ2) is 18.1. The lowest BCUT2D eigenvalue weighted by atomic mass is 9.95. The maximum Gasteiger partial charge on any atom is 0.0543 e. The summed E-state index contributed by atoms with van der Waals surface area (Å²) in [5.41, 5.74) is 17.3. The Kier molecular flexibility index (Phi) is 11.1. The number of nitrogens with zero attached hydrogens (tertiary/aromatic N) is 2. The topological polar surface area (TPSA) is 18.5 Å². The van der Waals surface area contributed by atoms with E-state index in [9.17, 15) is 0 Å². The van der Waals surface area contributed by atoms with Gasteiger partial charge in [0.1, 0.15) is 0 Å². The minimum absolute atomic E-state index is 0.944. The molecule has 0 heterocycles. The molecule has 0 spiro atoms. The van der Waals surface area contributed by atoms with Crippen LogP contribution in [0.15, 0.2) is 267 Å². The van der Waals surface area contributed by atoms with Crippen molar-refractivity contribution in [3.05, 3.63) is 267 Å². The molecule has 0 aliphatic carbocycles. The number of hydrogen-bond acceptors (Lipinski definition) is 3. The zero-order chi connectivity index (χ0) is 42.2. The SMILES string of the molecule is c1ccc(-c2ccccc2N(c2ccccc2)c2cc(Nc3c(-c4ccccc4)cccc3-c3ccccc3)cc(N(c3ccccc3)c3ccccc3-c3ccccc3)c2)cc1. The second-order valence-corrected chi connectivity index (χ2v) is 15.4. The highest BCUT2D eigenvalue weighted by molar-refractivity contribution is 5.97. The van der Waals surface area contributed by atoms with Crippen molar-refractivity contribution in [2.24, 2.45) is 0 Å². The van der Waals surface area contributed by atoms with Crippen LogP contribution >= 0.6 is 0 Å². The Morgan fingerprint density at radius 3 is 0.921 bits per heavy atom. The van der Waals surface area contributed by atoms with E-state index in [4.69, 9.17) is 0 Å². The molecule has 10 aromatic carbocycles. The summed E-state index contributed by atoms with van der Waals surface area (Å²) in [5.74, 6) is 0. The van der Waals surface area contributed by atoms with Gasteiger partial charge in [-0.2, -0.15) is 0 Å². The molecule has 0 saturated carbocycles. The first kappa shape index (κ1) is 38.8. The van der Waals surface area contributed by atoms with Crippen LogP contribution in [0.25, 0.3) is 44.5 Å². The van der Waals surface area contributed by atoms with Gasteiger partial charge in [0, 0.05) is 39.3 Å². The van der Waals surface area contributed by atoms with Gasteiger partial charge in [-0.25, -0.2) is 0 Å². The molecule has 0 saturated heterocycles. The molecule has 0 amide bonds. The highest BCUT2D eigenvalue weighted by Crippen LogP contribution is 2.48. The van der Waals surface area contributed by atoms with Crippen LogP contribution in [0, 0.1) is 0 Å². The Morgan fingerprint density at radius 1 is 0.238 bits per heavy atom. The molecular weight excluding hydrogens is 763 g/mol. The zero-order valence-electron chi connectivity index (χ0n) is 34.8. The van der Waals surface area contributed by atoms with E-state index in [1.54, 1.807) is 0 Å². The van der Waals surface area contributed by atoms with Crippen LogP contribution in [-0.4, -0.2) is 0 Å². The average Bonchev–Trinajstić information content (AvgIpc) is 3.36. The minimum Gasteiger partial charge on any atom is -0.354 e. The molecule has 0 unspecified atom stereocenters. The minimum atomic E-state index is 0.944. The summed E-state index contributed by atoms with van der Waals surface area (Å²) in [5, 5.41) is 4.07. The maximum atomic E-state index is 4.07. The summed E-state index contributed by atoms with van der Waals surface area (Å²) < 4.78 is 0. The van der Waals surface area contributed by atoms with Gasteiger partial charge in [0.2, 0.25) is 0 Å². The van der Waals surface area contributed by atoms with Crippen LogP contribution in [0.5, 0.6) is 0 Å². The van der Waals surface area contributed by atoms with Crippen molar-refractivity contribution in [3.63, 3.8) is 0 Å². The second-order valence-electron chi connectivity index (χ2n) is 15.4. The summed E-state index contributed by atoms with van der Waals surface area (Å²) >= 11 is 0. The van der Waals surface area contributed by atoms with Crippen LogP contribution in [-0.2, 0) is 0 Å². The van der Waals surface area contributed by atoms with Crippen LogP contribution in [0.2, 0.25) is 0 Å². The highest BCUT2D eigenvalue weighted by Gasteiger charge is 2.23. The fourth-order valence-electron chi connectivity index (χ4n) is 8.54. The van der Waals surface area contributed by atoms with Gasteiger partial charge < -0.3 is 15.1 Å². The third-order valence-corrected chi connectivity index (χ3v) is 11.4. The van der Waals surface area contributed by atoms with Crippen LogP contribution in [0.4, 0.5) is 45.5 Å². The number of nitrogens with one attached hydrogen (secondary N) is 1. The zero-order valence-corrected chi connectivity index (χ0v) is 34.8. The lowest BCUT2D eigenvalue weighted by Crippen LogP contribution is -2.15. The molecule has 3 nitrogen and oxygen atoms in total. The Morgan fingerprint density at radius 2 is 0.540 bits per heavy atom. The van der Waals surface area contributed by atoms with Crippen LogP contribution in [0.3, 0.4) is 0 Å². The molecule has 0 bridgehead atoms. The summed E-state index contributed by atoms with van der Waals surface area (Å²) in [6, 6.07) is 95.0. The Labute approximate surface area is 370 Å². The Balaban J connectivity index is 1.26. The highest BCUT2D eigenvalue weighted by atomic mass is 15.2. The van der Waals surface area contributed by atoms with Crippen molar-refractivity contribution < 1.29 is 0 Å². The van der Waals surface area contributed by atoms with E-state index in [0.29, 0.717) is 0 Å². The fraction of sp³-hybridized carbons (Fsp3) is 0. The van der Waals surface area contributed by atoms with Crippen molar-refractivity contribution in [3.8, 4) is 44.5 Å². The summed E-state index contributed by atoms with van der Waals surface area (Å²) in [6.45, 7) is 0. The Bertz CT molecular complexity index is 2860. The van der Waals surface area contributed by atoms with Crippen molar-refractivity contribution in [2.75, 3.05) is 15.1 Å². The molecule has 0 fully saturated rings. The van der Waals surface area contributed by atoms with Gasteiger partial charge >= 0.3 is 0 Å². The van der Waals surface area contributed by atoms with Gasteiger partial charge in [0.05, 0.1) is 28.4 Å². The van der Waals surface area contributed by atoms with Crippen LogP contribution < -0.4 is 15.1 Å². The molecule has 0 aliphatic heterocycles. The van der Waals surface area contributed by atoms with Crippen molar-refractivity contribution >= 4 is 45.5 Å². The monoisotopic (exact) mass is 807 g/mol. The van der Waals surface area contributed by atoms with E-state index >= 15 is 0 Å². The maximum absolute atomic E-state index is 4.07. The smallest absolute Gasteiger partial charge is 0.0543 e. The number of anilines is 8. The molecule has 0 aliphatic rings. The number of hydrogen-bond donors (Lipinski definition) is 1. The predicted octanol–water partition coefficient (Wildman–Crippen LogP) is 17.0. The standard InChI is InChI=1S/C60H45N3/c1-7-24-45(25-8-1)54-36-19-21-40-58(54)62(50-32-15-5-16-33-50)52-42-49(61-60-56(47-28-11-3-12-29-47)38-23-39-57(60)48-30-13-4-14-31-48)43-53(44-52)63(51-34-17-6-18-35-51)59-41-22-20-37-55(59)46-26-9-2-10-27-46/h1-44,61H. The van der Waals surface area contributed by atoms with Gasteiger partial charge in [-0.15, -0.1) is 0 Å². The lowest BCUT2D eigenvalue weighted by molar-refractivity contribution is 1.25. The number of benzene rings is 10. The van der Waals surface area contributed by atoms with Gasteiger partial charge in [-0.1, -0.05) is 212 Å². The quantitative estimate of drug-likeness (QED) is 0.133. The Hall–Kier alpha value is -8.40. The first-order valence-corrected chi connectivity index (χ1v) is 21.4. The summed E-state index contributed by atoms with van der Waals surface area (Å²) in [7, 11) is 0. The van der Waals surface area contributed by atoms with E-state index < -0.39 is 0 Å². The van der Waals surface area contributed by atoms with E-state index in [1.807, 2.05) is 0 Å². The first-order chi connectivity index (χ1) is 31.3. The molecule has 10 rings (SSSR count). The van der Waals surface area contributed by atoms with Crippen molar-refractivity contribution in [2.45, 2.75) is 0 Å². The van der Waals surface area contributed by atoms with Gasteiger partial charge in [-0.3, -0.25) is 0 Å². The van der Waals surface area contributed by atoms with Crippen molar-refractivity contribution in [1.82, 2.24) is 0 Å². The average molecular weight is 808 g/mol. The van der Waals surface area contributed by atoms with Crippen LogP contribution in [0.1, 0.15) is 0 Å². The molecule has 3 heteroatoms. The third-order valence-electron chi connectivity index (χ3n) is 11.4. The summed E-state index contributed by atoms with van der Waals surface area (Å²) in [6.07, 6.45) is 0. The fourth-order valence-corrected chi connectivity index (χ4v) is 8.54. The van der Waals surface area contributed by atoms with E-state index in [1.165, 1.54) is 0 Å². The molecule has 0 aromatic heterocycles. The summed E-state index contributed by atoms with van der Waals surface area (Å²) in [4.78, 5) is 4.79. The third kappa shape index (κ3) is 8.24. The largest absolute Gasteiger partial charge is 0.354 e. The first-order valence-electron chi connectivity index (χ1n) is 21.4. The molecule has 0 atom stereocenters. The molecular formula is C60H45N3. The molecule has 0 radical (unpaired) electrons. The number of para-hydroxylation sites is 5. The van der Waals surface area contributed by atoms with Gasteiger partial charge in [0.25, 0.3) is 0 Å². The molecule has 10 aromatic rings. The predicted molar refractivity (Wildman–Crippen MR) is 267 cm³/mol. The van der Waals surface area contributed by atoms with E-state index in [-0.39, 0.29) is 0 Å². The number of rotatable bonds is 12. The van der Waals surface area contributed by atoms with Gasteiger partial charge in [-0.05, 0) is 76.9 Å². The van der Waals surface area contributed by atoms with E-state index in [2.05, 4.69) is 282 Å². The normalized spacial score (nSPS) is 10.9. The van der Waals surface area contributed by atoms with Crippen molar-refractivity contribution in [1.29, 1.82) is 0 Å². The molecule has 1 N–H and O–H groups in total. The lowest BCUT2D eigenvalue weighted by Gasteiger charge is -2.32. The van der Waals surface area contributed by atoms with E-state index in [0.717, 1.165) is 90.0 Å². The molecule has 300 valence electrons. The van der Waals surface area contributed by atoms with Gasteiger partial charge in [0.15, 0.2) is 0 Å².